The van der Waals surface area contributed by atoms with Gasteiger partial charge >= 0.3 is 0 Å². The van der Waals surface area contributed by atoms with Gasteiger partial charge in [-0.25, -0.2) is 0 Å². The van der Waals surface area contributed by atoms with E-state index in [0.29, 0.717) is 0 Å². The first-order valence-corrected chi connectivity index (χ1v) is 12.9. The molecule has 0 aromatic rings. The predicted octanol–water partition coefficient (Wildman–Crippen LogP) is 5.38. The van der Waals surface area contributed by atoms with Crippen LogP contribution in [0.15, 0.2) is 0 Å². The first kappa shape index (κ1) is 37.1. The van der Waals surface area contributed by atoms with E-state index in [1.165, 1.54) is 6.54 Å². The fraction of sp³-hybridized carbons (Fsp3) is 1.00. The fourth-order valence-corrected chi connectivity index (χ4v) is 0.752. The molecule has 0 unspecified atom stereocenters. The third kappa shape index (κ3) is 78.5. The van der Waals surface area contributed by atoms with Crippen LogP contribution in [0.4, 0.5) is 0 Å². The summed E-state index contributed by atoms with van der Waals surface area (Å²) in [6, 6.07) is 0. The summed E-state index contributed by atoms with van der Waals surface area (Å²) >= 11 is 4.24. The van der Waals surface area contributed by atoms with Crippen molar-refractivity contribution in [1.29, 1.82) is 0 Å². The number of halogens is 2. The molecule has 115 valence electrons. The summed E-state index contributed by atoms with van der Waals surface area (Å²) in [6.07, 6.45) is 0. The van der Waals surface area contributed by atoms with E-state index in [1.54, 1.807) is 0 Å². The van der Waals surface area contributed by atoms with Gasteiger partial charge in [-0.2, -0.15) is 0 Å². The van der Waals surface area contributed by atoms with Crippen LogP contribution in [0.25, 0.3) is 0 Å². The van der Waals surface area contributed by atoms with Crippen LogP contribution in [-0.4, -0.2) is 31.6 Å². The molecule has 5 heteroatoms. The van der Waals surface area contributed by atoms with E-state index in [-0.39, 0.29) is 32.7 Å². The van der Waals surface area contributed by atoms with Gasteiger partial charge in [-0.3, -0.25) is 0 Å². The average Bonchev–Trinajstić information content (AvgIpc) is 2.37. The Labute approximate surface area is 166 Å². The number of nitrogens with two attached hydrogens (primary N) is 1. The molecule has 0 aromatic carbocycles. The van der Waals surface area contributed by atoms with Crippen molar-refractivity contribution in [2.24, 2.45) is 11.7 Å². The second-order valence-electron chi connectivity index (χ2n) is 3.16. The van der Waals surface area contributed by atoms with Crippen molar-refractivity contribution >= 4 is 37.2 Å². The third-order valence-electron chi connectivity index (χ3n) is 1.22. The quantitative estimate of drug-likeness (QED) is 0.468. The molecule has 0 aliphatic carbocycles. The van der Waals surface area contributed by atoms with Crippen LogP contribution in [0.3, 0.4) is 0 Å². The molecule has 0 saturated carbocycles. The number of rotatable bonds is 3. The summed E-state index contributed by atoms with van der Waals surface area (Å²) in [4.78, 5) is 2.32. The van der Waals surface area contributed by atoms with Crippen molar-refractivity contribution < 1.29 is 32.7 Å². The van der Waals surface area contributed by atoms with E-state index in [0.717, 1.165) is 19.0 Å². The van der Waals surface area contributed by atoms with E-state index in [1.807, 2.05) is 34.6 Å². The van der Waals surface area contributed by atoms with Gasteiger partial charge in [-0.1, -0.05) is 55.4 Å². The van der Waals surface area contributed by atoms with Crippen molar-refractivity contribution in [2.75, 3.05) is 26.7 Å². The van der Waals surface area contributed by atoms with Crippen molar-refractivity contribution in [3.8, 4) is 0 Å². The summed E-state index contributed by atoms with van der Waals surface area (Å²) in [7, 11) is 2.15. The first-order chi connectivity index (χ1) is 8.08. The minimum absolute atomic E-state index is 0. The minimum Gasteiger partial charge on any atom is -0.331 e. The monoisotopic (exact) mass is 563 g/mol. The van der Waals surface area contributed by atoms with Crippen LogP contribution in [0.1, 0.15) is 55.4 Å². The van der Waals surface area contributed by atoms with Crippen LogP contribution < -0.4 is 5.73 Å². The zero-order chi connectivity index (χ0) is 15.3. The number of nitrogens with zero attached hydrogens (tertiary/aromatic N) is 1. The molecule has 0 aliphatic rings. The molecule has 0 saturated heterocycles. The molecule has 2 N–H and O–H groups in total. The average molecular weight is 563 g/mol. The molecule has 2 nitrogen and oxygen atoms in total. The van der Waals surface area contributed by atoms with Gasteiger partial charge in [0.1, 0.15) is 0 Å². The van der Waals surface area contributed by atoms with Gasteiger partial charge in [0.25, 0.3) is 0 Å². The first-order valence-electron chi connectivity index (χ1n) is 6.61. The van der Waals surface area contributed by atoms with Crippen LogP contribution in [0.5, 0.6) is 0 Å². The van der Waals surface area contributed by atoms with Gasteiger partial charge in [-0.15, -0.1) is 0 Å². The fourth-order valence-electron chi connectivity index (χ4n) is 0.752. The molecule has 0 amide bonds. The van der Waals surface area contributed by atoms with E-state index in [9.17, 15) is 0 Å². The third-order valence-corrected chi connectivity index (χ3v) is 1.22. The predicted molar refractivity (Wildman–Crippen MR) is 103 cm³/mol. The van der Waals surface area contributed by atoms with Crippen LogP contribution in [-0.2, 0) is 32.7 Å². The summed E-state index contributed by atoms with van der Waals surface area (Å²) in [5.41, 5.74) is 4.85. The standard InChI is InChI=1S/C7H17N.C2H7N.2C2H6.I2.Y/c1-5-8(4)6-7(2)3;1-2-3;3*1-2;/h7H,5-6H2,1-4H3;2-3H2,1H3;2*1-2H3;;. The Morgan fingerprint density at radius 1 is 1.00 bits per heavy atom. The number of hydrogen-bond acceptors (Lipinski definition) is 2. The molecule has 0 atom stereocenters. The second-order valence-corrected chi connectivity index (χ2v) is 3.16. The Bertz CT molecular complexity index is 78.0. The van der Waals surface area contributed by atoms with Crippen LogP contribution >= 0.6 is 37.2 Å². The maximum atomic E-state index is 4.85. The van der Waals surface area contributed by atoms with Crippen molar-refractivity contribution in [2.45, 2.75) is 55.4 Å². The topological polar surface area (TPSA) is 29.3 Å². The summed E-state index contributed by atoms with van der Waals surface area (Å²) in [5.74, 6) is 0.806. The Kier molecular flexibility index (Phi) is 104. The molecule has 0 aliphatic heterocycles. The molecular weight excluding hydrogens is 527 g/mol. The molecule has 0 heterocycles. The van der Waals surface area contributed by atoms with Gasteiger partial charge in [0, 0.05) is 76.5 Å². The normalized spacial score (nSPS) is 7.00. The van der Waals surface area contributed by atoms with Crippen LogP contribution in [0.2, 0.25) is 0 Å². The SMILES string of the molecule is CC.CC.CCN.CCN(C)CC(C)C.II.[Y]. The number of hydrogen-bond donors (Lipinski definition) is 1. The molecule has 0 bridgehead atoms. The Balaban J connectivity index is -0.0000000306. The molecule has 0 aromatic heterocycles. The summed E-state index contributed by atoms with van der Waals surface area (Å²) in [6.45, 7) is 19.7. The largest absolute Gasteiger partial charge is 0.331 e. The molecule has 1 radical (unpaired) electrons. The van der Waals surface area contributed by atoms with Crippen molar-refractivity contribution in [1.82, 2.24) is 4.90 Å². The van der Waals surface area contributed by atoms with Gasteiger partial charge < -0.3 is 10.6 Å². The van der Waals surface area contributed by atoms with Crippen LogP contribution in [0, 0.1) is 5.92 Å². The second kappa shape index (κ2) is 50.5. The zero-order valence-electron chi connectivity index (χ0n) is 14.1. The van der Waals surface area contributed by atoms with Crippen molar-refractivity contribution in [3.05, 3.63) is 0 Å². The van der Waals surface area contributed by atoms with Gasteiger partial charge in [0.15, 0.2) is 0 Å². The van der Waals surface area contributed by atoms with Gasteiger partial charge in [0.2, 0.25) is 0 Å². The molecule has 0 rings (SSSR count). The molecular formula is C13H36I2N2Y. The summed E-state index contributed by atoms with van der Waals surface area (Å²) < 4.78 is 0. The van der Waals surface area contributed by atoms with Crippen molar-refractivity contribution in [3.63, 3.8) is 0 Å². The minimum atomic E-state index is 0. The molecule has 0 spiro atoms. The van der Waals surface area contributed by atoms with E-state index in [2.05, 4.69) is 70.0 Å². The van der Waals surface area contributed by atoms with E-state index < -0.39 is 0 Å². The Hall–Kier alpha value is 2.48. The zero-order valence-corrected chi connectivity index (χ0v) is 21.2. The molecule has 18 heavy (non-hydrogen) atoms. The van der Waals surface area contributed by atoms with Gasteiger partial charge in [-0.05, 0) is 26.1 Å². The van der Waals surface area contributed by atoms with Gasteiger partial charge in [0.05, 0.1) is 0 Å². The Morgan fingerprint density at radius 2 is 1.22 bits per heavy atom. The molecule has 0 fully saturated rings. The maximum absolute atomic E-state index is 4.85. The smallest absolute Gasteiger partial charge is 0.000122 e. The summed E-state index contributed by atoms with van der Waals surface area (Å²) in [5, 5.41) is 0. The maximum Gasteiger partial charge on any atom is 0.000122 e. The van der Waals surface area contributed by atoms with E-state index in [4.69, 9.17) is 5.73 Å². The van der Waals surface area contributed by atoms with E-state index >= 15 is 0 Å². The Morgan fingerprint density at radius 3 is 1.28 bits per heavy atom.